The number of amidine groups is 1. The molecule has 1 N–H and O–H groups in total. The van der Waals surface area contributed by atoms with E-state index in [0.29, 0.717) is 48.8 Å². The van der Waals surface area contributed by atoms with E-state index in [-0.39, 0.29) is 23.1 Å². The zero-order valence-corrected chi connectivity index (χ0v) is 16.5. The van der Waals surface area contributed by atoms with E-state index >= 15 is 0 Å². The molecule has 0 unspecified atom stereocenters. The molecule has 2 aromatic rings. The van der Waals surface area contributed by atoms with Gasteiger partial charge in [0.2, 0.25) is 0 Å². The summed E-state index contributed by atoms with van der Waals surface area (Å²) in [6, 6.07) is 16.5. The Labute approximate surface area is 174 Å². The molecular formula is C23H20N4O3. The molecule has 2 aliphatic heterocycles. The lowest BCUT2D eigenvalue weighted by Gasteiger charge is -2.26. The summed E-state index contributed by atoms with van der Waals surface area (Å²) in [7, 11) is 0. The van der Waals surface area contributed by atoms with Gasteiger partial charge in [-0.05, 0) is 19.1 Å². The van der Waals surface area contributed by atoms with E-state index in [9.17, 15) is 14.9 Å². The second-order valence-corrected chi connectivity index (χ2v) is 7.07. The van der Waals surface area contributed by atoms with Gasteiger partial charge in [-0.1, -0.05) is 42.0 Å². The van der Waals surface area contributed by atoms with E-state index in [1.54, 1.807) is 23.1 Å². The van der Waals surface area contributed by atoms with Gasteiger partial charge in [0.15, 0.2) is 0 Å². The standard InChI is InChI=1S/C23H20N4O3/c1-15-6-8-16(9-7-15)22(28)26-21-18-5-3-2-4-17(18)20(25-21)19(14-24)23(29)27-10-12-30-13-11-27/h2-9H,10-13H2,1H3,(H,25,26,28). The average molecular weight is 400 g/mol. The predicted octanol–water partition coefficient (Wildman–Crippen LogP) is 2.28. The van der Waals surface area contributed by atoms with Gasteiger partial charge in [0.05, 0.1) is 18.9 Å². The van der Waals surface area contributed by atoms with Crippen molar-refractivity contribution in [1.82, 2.24) is 10.2 Å². The van der Waals surface area contributed by atoms with E-state index in [1.807, 2.05) is 43.3 Å². The lowest BCUT2D eigenvalue weighted by molar-refractivity contribution is -0.130. The highest BCUT2D eigenvalue weighted by Gasteiger charge is 2.30. The molecule has 1 fully saturated rings. The largest absolute Gasteiger partial charge is 0.378 e. The van der Waals surface area contributed by atoms with Gasteiger partial charge in [-0.15, -0.1) is 0 Å². The molecule has 0 spiro atoms. The first kappa shape index (κ1) is 19.6. The number of amides is 2. The van der Waals surface area contributed by atoms with Gasteiger partial charge in [0, 0.05) is 29.8 Å². The number of hydrogen-bond donors (Lipinski definition) is 1. The maximum Gasteiger partial charge on any atom is 0.266 e. The molecule has 2 heterocycles. The number of nitrogens with one attached hydrogen (secondary N) is 1. The third-order valence-corrected chi connectivity index (χ3v) is 5.07. The van der Waals surface area contributed by atoms with Gasteiger partial charge in [-0.3, -0.25) is 9.59 Å². The molecular weight excluding hydrogens is 380 g/mol. The maximum atomic E-state index is 12.9. The molecule has 0 radical (unpaired) electrons. The Balaban J connectivity index is 1.70. The van der Waals surface area contributed by atoms with Crippen molar-refractivity contribution in [2.24, 2.45) is 4.99 Å². The van der Waals surface area contributed by atoms with Crippen molar-refractivity contribution in [3.63, 3.8) is 0 Å². The molecule has 0 atom stereocenters. The molecule has 4 rings (SSSR count). The Morgan fingerprint density at radius 3 is 2.40 bits per heavy atom. The lowest BCUT2D eigenvalue weighted by atomic mass is 10.0. The number of hydrogen-bond acceptors (Lipinski definition) is 5. The summed E-state index contributed by atoms with van der Waals surface area (Å²) in [6.45, 7) is 3.69. The van der Waals surface area contributed by atoms with Crippen molar-refractivity contribution >= 4 is 23.3 Å². The molecule has 2 amide bonds. The van der Waals surface area contributed by atoms with E-state index in [0.717, 1.165) is 5.56 Å². The topological polar surface area (TPSA) is 94.8 Å². The van der Waals surface area contributed by atoms with Crippen LogP contribution in [0.5, 0.6) is 0 Å². The Morgan fingerprint density at radius 2 is 1.73 bits per heavy atom. The quantitative estimate of drug-likeness (QED) is 0.618. The van der Waals surface area contributed by atoms with Gasteiger partial charge in [0.1, 0.15) is 17.5 Å². The summed E-state index contributed by atoms with van der Waals surface area (Å²) in [5, 5.41) is 12.6. The van der Waals surface area contributed by atoms with Crippen molar-refractivity contribution in [3.8, 4) is 6.07 Å². The van der Waals surface area contributed by atoms with Crippen molar-refractivity contribution in [3.05, 3.63) is 76.4 Å². The van der Waals surface area contributed by atoms with Crippen LogP contribution in [-0.2, 0) is 9.53 Å². The maximum absolute atomic E-state index is 12.9. The first-order valence-electron chi connectivity index (χ1n) is 9.66. The molecule has 7 nitrogen and oxygen atoms in total. The van der Waals surface area contributed by atoms with Crippen molar-refractivity contribution < 1.29 is 14.3 Å². The number of aryl methyl sites for hydroxylation is 1. The first-order chi connectivity index (χ1) is 14.6. The summed E-state index contributed by atoms with van der Waals surface area (Å²) in [5.41, 5.74) is 3.13. The van der Waals surface area contributed by atoms with Crippen LogP contribution in [0.4, 0.5) is 0 Å². The number of nitriles is 1. The van der Waals surface area contributed by atoms with Crippen LogP contribution in [0.25, 0.3) is 5.70 Å². The molecule has 0 bridgehead atoms. The molecule has 0 saturated carbocycles. The van der Waals surface area contributed by atoms with E-state index in [2.05, 4.69) is 10.3 Å². The number of benzene rings is 2. The Kier molecular flexibility index (Phi) is 5.42. The number of ether oxygens (including phenoxy) is 1. The average Bonchev–Trinajstić information content (AvgIpc) is 3.13. The number of rotatable bonds is 2. The van der Waals surface area contributed by atoms with Gasteiger partial charge >= 0.3 is 0 Å². The fourth-order valence-electron chi connectivity index (χ4n) is 3.43. The highest BCUT2D eigenvalue weighted by molar-refractivity contribution is 6.20. The van der Waals surface area contributed by atoms with E-state index in [4.69, 9.17) is 4.74 Å². The zero-order chi connectivity index (χ0) is 21.1. The predicted molar refractivity (Wildman–Crippen MR) is 112 cm³/mol. The molecule has 0 aromatic heterocycles. The van der Waals surface area contributed by atoms with Crippen LogP contribution in [0.15, 0.2) is 59.1 Å². The van der Waals surface area contributed by atoms with Crippen LogP contribution in [0.2, 0.25) is 0 Å². The zero-order valence-electron chi connectivity index (χ0n) is 16.5. The minimum absolute atomic E-state index is 0.0380. The number of nitrogens with zero attached hydrogens (tertiary/aromatic N) is 3. The number of morpholine rings is 1. The second kappa shape index (κ2) is 8.31. The summed E-state index contributed by atoms with van der Waals surface area (Å²) < 4.78 is 5.29. The Bertz CT molecular complexity index is 1100. The Morgan fingerprint density at radius 1 is 1.07 bits per heavy atom. The van der Waals surface area contributed by atoms with E-state index in [1.165, 1.54) is 0 Å². The van der Waals surface area contributed by atoms with Gasteiger partial charge < -0.3 is 15.0 Å². The van der Waals surface area contributed by atoms with Crippen molar-refractivity contribution in [2.45, 2.75) is 6.92 Å². The fraction of sp³-hybridized carbons (Fsp3) is 0.217. The summed E-state index contributed by atoms with van der Waals surface area (Å²) >= 11 is 0. The third kappa shape index (κ3) is 3.73. The van der Waals surface area contributed by atoms with Crippen LogP contribution in [-0.4, -0.2) is 48.9 Å². The number of carbonyl (C=O) groups excluding carboxylic acids is 2. The lowest BCUT2D eigenvalue weighted by Crippen LogP contribution is -2.41. The molecule has 2 aromatic carbocycles. The smallest absolute Gasteiger partial charge is 0.266 e. The van der Waals surface area contributed by atoms with Gasteiger partial charge in [-0.2, -0.15) is 5.26 Å². The van der Waals surface area contributed by atoms with Gasteiger partial charge in [0.25, 0.3) is 11.8 Å². The fourth-order valence-corrected chi connectivity index (χ4v) is 3.43. The molecule has 30 heavy (non-hydrogen) atoms. The molecule has 2 aliphatic rings. The minimum Gasteiger partial charge on any atom is -0.378 e. The number of carbonyl (C=O) groups is 2. The van der Waals surface area contributed by atoms with Crippen molar-refractivity contribution in [2.75, 3.05) is 26.3 Å². The van der Waals surface area contributed by atoms with Crippen LogP contribution in [0.1, 0.15) is 27.0 Å². The minimum atomic E-state index is -0.375. The van der Waals surface area contributed by atoms with Crippen LogP contribution < -0.4 is 5.32 Å². The third-order valence-electron chi connectivity index (χ3n) is 5.07. The summed E-state index contributed by atoms with van der Waals surface area (Å²) in [5.74, 6) is -0.350. The molecule has 150 valence electrons. The molecule has 7 heteroatoms. The highest BCUT2D eigenvalue weighted by Crippen LogP contribution is 2.31. The number of fused-ring (bicyclic) bond motifs is 1. The SMILES string of the molecule is Cc1ccc(C(=O)NC2=NC(=C(C#N)C(=O)N3CCOCC3)c3ccccc32)cc1. The normalized spacial score (nSPS) is 16.9. The van der Waals surface area contributed by atoms with Crippen LogP contribution in [0.3, 0.4) is 0 Å². The molecule has 1 saturated heterocycles. The Hall–Kier alpha value is -3.76. The van der Waals surface area contributed by atoms with Crippen molar-refractivity contribution in [1.29, 1.82) is 5.26 Å². The van der Waals surface area contributed by atoms with E-state index < -0.39 is 0 Å². The second-order valence-electron chi connectivity index (χ2n) is 7.07. The summed E-state index contributed by atoms with van der Waals surface area (Å²) in [4.78, 5) is 31.7. The van der Waals surface area contributed by atoms with Gasteiger partial charge in [-0.25, -0.2) is 4.99 Å². The number of aliphatic imine (C=N–C) groups is 1. The highest BCUT2D eigenvalue weighted by atomic mass is 16.5. The molecule has 0 aliphatic carbocycles. The monoisotopic (exact) mass is 400 g/mol. The summed E-state index contributed by atoms with van der Waals surface area (Å²) in [6.07, 6.45) is 0. The van der Waals surface area contributed by atoms with Crippen LogP contribution in [0, 0.1) is 18.3 Å². The first-order valence-corrected chi connectivity index (χ1v) is 9.66. The van der Waals surface area contributed by atoms with Crippen LogP contribution >= 0.6 is 0 Å².